The molecule has 0 saturated carbocycles. The maximum atomic E-state index is 13.0. The van der Waals surface area contributed by atoms with Gasteiger partial charge in [0.15, 0.2) is 0 Å². The molecule has 1 aliphatic heterocycles. The van der Waals surface area contributed by atoms with Gasteiger partial charge in [0, 0.05) is 16.8 Å². The van der Waals surface area contributed by atoms with Crippen LogP contribution in [0.2, 0.25) is 5.02 Å². The molecule has 3 aromatic rings. The smallest absolute Gasteiger partial charge is 0.301 e. The topological polar surface area (TPSA) is 79.7 Å². The third-order valence-corrected chi connectivity index (χ3v) is 5.10. The molecule has 150 valence electrons. The number of rotatable bonds is 4. The molecule has 1 amide bonds. The summed E-state index contributed by atoms with van der Waals surface area (Å²) in [5.74, 6) is -0.933. The van der Waals surface area contributed by atoms with Crippen LogP contribution >= 0.6 is 11.6 Å². The van der Waals surface area contributed by atoms with Gasteiger partial charge in [0.1, 0.15) is 17.3 Å². The molecule has 6 nitrogen and oxygen atoms in total. The molecule has 1 aromatic heterocycles. The highest BCUT2D eigenvalue weighted by molar-refractivity contribution is 6.51. The number of aliphatic hydroxyl groups excluding tert-OH is 1. The average Bonchev–Trinajstić information content (AvgIpc) is 3.04. The first kappa shape index (κ1) is 19.7. The Hall–Kier alpha value is -3.64. The molecule has 0 bridgehead atoms. The Balaban J connectivity index is 1.93. The minimum atomic E-state index is -0.874. The van der Waals surface area contributed by atoms with Crippen LogP contribution in [0.15, 0.2) is 78.5 Å². The second-order valence-corrected chi connectivity index (χ2v) is 7.08. The Bertz CT molecular complexity index is 1140. The molecule has 1 aliphatic rings. The van der Waals surface area contributed by atoms with Gasteiger partial charge in [-0.2, -0.15) is 0 Å². The Kier molecular flexibility index (Phi) is 5.25. The van der Waals surface area contributed by atoms with Crippen molar-refractivity contribution in [1.82, 2.24) is 4.98 Å². The Morgan fingerprint density at radius 1 is 1.07 bits per heavy atom. The highest BCUT2D eigenvalue weighted by atomic mass is 35.5. The molecule has 1 fully saturated rings. The van der Waals surface area contributed by atoms with E-state index in [0.717, 1.165) is 0 Å². The second-order valence-electron chi connectivity index (χ2n) is 6.64. The van der Waals surface area contributed by atoms with E-state index in [1.54, 1.807) is 66.7 Å². The highest BCUT2D eigenvalue weighted by Gasteiger charge is 2.47. The number of nitrogens with zero attached hydrogens (tertiary/aromatic N) is 2. The van der Waals surface area contributed by atoms with Gasteiger partial charge in [-0.25, -0.2) is 4.98 Å². The van der Waals surface area contributed by atoms with E-state index in [-0.39, 0.29) is 11.3 Å². The number of carbonyl (C=O) groups is 2. The number of aliphatic hydroxyl groups is 1. The van der Waals surface area contributed by atoms with Crippen molar-refractivity contribution in [2.75, 3.05) is 12.0 Å². The summed E-state index contributed by atoms with van der Waals surface area (Å²) in [7, 11) is 1.53. The summed E-state index contributed by atoms with van der Waals surface area (Å²) < 4.78 is 5.14. The monoisotopic (exact) mass is 420 g/mol. The van der Waals surface area contributed by atoms with Crippen molar-refractivity contribution >= 4 is 34.9 Å². The Morgan fingerprint density at radius 2 is 1.83 bits per heavy atom. The summed E-state index contributed by atoms with van der Waals surface area (Å²) in [5, 5.41) is 11.5. The van der Waals surface area contributed by atoms with Crippen LogP contribution in [-0.2, 0) is 9.59 Å². The number of hydrogen-bond acceptors (Lipinski definition) is 5. The highest BCUT2D eigenvalue weighted by Crippen LogP contribution is 2.42. The molecular formula is C23H17ClN2O4. The first-order valence-electron chi connectivity index (χ1n) is 9.13. The Morgan fingerprint density at radius 3 is 2.47 bits per heavy atom. The number of anilines is 1. The number of pyridine rings is 1. The first-order chi connectivity index (χ1) is 14.5. The van der Waals surface area contributed by atoms with Gasteiger partial charge in [0.2, 0.25) is 0 Å². The van der Waals surface area contributed by atoms with Crippen LogP contribution < -0.4 is 9.64 Å². The van der Waals surface area contributed by atoms with Crippen LogP contribution in [0.5, 0.6) is 5.75 Å². The number of ether oxygens (including phenoxy) is 1. The molecule has 0 unspecified atom stereocenters. The third-order valence-electron chi connectivity index (χ3n) is 4.87. The molecule has 0 aliphatic carbocycles. The van der Waals surface area contributed by atoms with E-state index >= 15 is 0 Å². The Labute approximate surface area is 178 Å². The van der Waals surface area contributed by atoms with Crippen molar-refractivity contribution in [3.05, 3.63) is 94.6 Å². The fourth-order valence-corrected chi connectivity index (χ4v) is 3.66. The van der Waals surface area contributed by atoms with Gasteiger partial charge in [0.05, 0.1) is 18.7 Å². The molecule has 30 heavy (non-hydrogen) atoms. The zero-order valence-corrected chi connectivity index (χ0v) is 16.7. The predicted molar refractivity (Wildman–Crippen MR) is 113 cm³/mol. The zero-order chi connectivity index (χ0) is 21.3. The van der Waals surface area contributed by atoms with Crippen molar-refractivity contribution in [3.63, 3.8) is 0 Å². The second kappa shape index (κ2) is 8.00. The van der Waals surface area contributed by atoms with E-state index in [1.807, 2.05) is 0 Å². The van der Waals surface area contributed by atoms with Crippen LogP contribution in [0.1, 0.15) is 17.2 Å². The normalized spacial score (nSPS) is 17.9. The van der Waals surface area contributed by atoms with Crippen LogP contribution in [0.4, 0.5) is 5.82 Å². The first-order valence-corrected chi connectivity index (χ1v) is 9.51. The number of Topliss-reactive ketones (excluding diaryl/α,β-unsaturated/α-hetero) is 1. The minimum absolute atomic E-state index is 0.0295. The summed E-state index contributed by atoms with van der Waals surface area (Å²) in [6.07, 6.45) is 1.53. The molecular weight excluding hydrogens is 404 g/mol. The van der Waals surface area contributed by atoms with Crippen molar-refractivity contribution in [3.8, 4) is 5.75 Å². The van der Waals surface area contributed by atoms with Crippen LogP contribution in [0.3, 0.4) is 0 Å². The molecule has 1 N–H and O–H groups in total. The largest absolute Gasteiger partial charge is 0.507 e. The number of halogens is 1. The predicted octanol–water partition coefficient (Wildman–Crippen LogP) is 4.37. The lowest BCUT2D eigenvalue weighted by Gasteiger charge is -2.24. The van der Waals surface area contributed by atoms with E-state index in [2.05, 4.69) is 4.98 Å². The van der Waals surface area contributed by atoms with E-state index in [0.29, 0.717) is 27.7 Å². The molecule has 0 spiro atoms. The summed E-state index contributed by atoms with van der Waals surface area (Å²) in [6.45, 7) is 0. The van der Waals surface area contributed by atoms with Gasteiger partial charge in [-0.3, -0.25) is 14.5 Å². The van der Waals surface area contributed by atoms with Crippen LogP contribution in [0.25, 0.3) is 5.76 Å². The molecule has 4 rings (SSSR count). The lowest BCUT2D eigenvalue weighted by atomic mass is 9.95. The standard InChI is InChI=1S/C23H17ClN2O4/c1-30-17-10-8-14(9-11-17)21(27)19-20(15-5-4-6-16(24)13-15)26(23(29)22(19)28)18-7-2-3-12-25-18/h2-13,20,27H,1H3/b21-19+/t20-/m0/s1. The summed E-state index contributed by atoms with van der Waals surface area (Å²) in [5.41, 5.74) is 0.947. The molecule has 2 aromatic carbocycles. The van der Waals surface area contributed by atoms with Crippen LogP contribution in [-0.4, -0.2) is 28.9 Å². The lowest BCUT2D eigenvalue weighted by molar-refractivity contribution is -0.132. The maximum Gasteiger partial charge on any atom is 0.301 e. The maximum absolute atomic E-state index is 13.0. The van der Waals surface area contributed by atoms with Crippen molar-refractivity contribution in [2.45, 2.75) is 6.04 Å². The summed E-state index contributed by atoms with van der Waals surface area (Å²) >= 11 is 6.17. The average molecular weight is 421 g/mol. The number of amides is 1. The number of hydrogen-bond donors (Lipinski definition) is 1. The fraction of sp³-hybridized carbons (Fsp3) is 0.0870. The number of benzene rings is 2. The van der Waals surface area contributed by atoms with Gasteiger partial charge in [0.25, 0.3) is 5.78 Å². The lowest BCUT2D eigenvalue weighted by Crippen LogP contribution is -2.30. The number of methoxy groups -OCH3 is 1. The molecule has 0 radical (unpaired) electrons. The molecule has 2 heterocycles. The fourth-order valence-electron chi connectivity index (χ4n) is 3.46. The van der Waals surface area contributed by atoms with Gasteiger partial charge < -0.3 is 9.84 Å². The number of ketones is 1. The SMILES string of the molecule is COc1ccc(/C(O)=C2\C(=O)C(=O)N(c3ccccn3)[C@H]2c2cccc(Cl)c2)cc1. The van der Waals surface area contributed by atoms with Gasteiger partial charge in [-0.1, -0.05) is 29.8 Å². The van der Waals surface area contributed by atoms with E-state index in [1.165, 1.54) is 18.2 Å². The number of aromatic nitrogens is 1. The van der Waals surface area contributed by atoms with Crippen molar-refractivity contribution in [2.24, 2.45) is 0 Å². The molecule has 1 saturated heterocycles. The summed E-state index contributed by atoms with van der Waals surface area (Å²) in [4.78, 5) is 31.5. The van der Waals surface area contributed by atoms with Crippen molar-refractivity contribution in [1.29, 1.82) is 0 Å². The van der Waals surface area contributed by atoms with Gasteiger partial charge >= 0.3 is 5.91 Å². The number of carbonyl (C=O) groups excluding carboxylic acids is 2. The van der Waals surface area contributed by atoms with E-state index in [9.17, 15) is 14.7 Å². The van der Waals surface area contributed by atoms with Gasteiger partial charge in [-0.15, -0.1) is 0 Å². The third kappa shape index (κ3) is 3.42. The van der Waals surface area contributed by atoms with E-state index < -0.39 is 17.7 Å². The minimum Gasteiger partial charge on any atom is -0.507 e. The molecule has 1 atom stereocenters. The zero-order valence-electron chi connectivity index (χ0n) is 15.9. The quantitative estimate of drug-likeness (QED) is 0.385. The molecule has 7 heteroatoms. The van der Waals surface area contributed by atoms with Gasteiger partial charge in [-0.05, 0) is 54.1 Å². The van der Waals surface area contributed by atoms with Crippen LogP contribution in [0, 0.1) is 0 Å². The van der Waals surface area contributed by atoms with E-state index in [4.69, 9.17) is 16.3 Å². The van der Waals surface area contributed by atoms with Crippen molar-refractivity contribution < 1.29 is 19.4 Å². The summed E-state index contributed by atoms with van der Waals surface area (Å²) in [6, 6.07) is 17.6.